The topological polar surface area (TPSA) is 38.8 Å². The zero-order valence-electron chi connectivity index (χ0n) is 15.2. The molecule has 4 nitrogen and oxygen atoms in total. The van der Waals surface area contributed by atoms with Crippen LogP contribution in [0, 0.1) is 0 Å². The van der Waals surface area contributed by atoms with Gasteiger partial charge in [-0.1, -0.05) is 18.2 Å². The summed E-state index contributed by atoms with van der Waals surface area (Å²) in [5, 5.41) is 0. The highest BCUT2D eigenvalue weighted by Gasteiger charge is 2.40. The third kappa shape index (κ3) is 3.28. The van der Waals surface area contributed by atoms with Gasteiger partial charge in [-0.2, -0.15) is 0 Å². The maximum Gasteiger partial charge on any atom is 0.253 e. The lowest BCUT2D eigenvalue weighted by atomic mass is 9.83. The number of rotatable bonds is 3. The molecule has 2 aromatic carbocycles. The van der Waals surface area contributed by atoms with Gasteiger partial charge in [-0.05, 0) is 55.7 Å². The van der Waals surface area contributed by atoms with E-state index in [0.29, 0.717) is 6.61 Å². The van der Waals surface area contributed by atoms with Crippen molar-refractivity contribution in [2.24, 2.45) is 0 Å². The number of aryl methyl sites for hydroxylation is 1. The molecule has 1 amide bonds. The second kappa shape index (κ2) is 7.02. The number of likely N-dealkylation sites (tertiary alicyclic amines) is 1. The van der Waals surface area contributed by atoms with E-state index in [1.807, 2.05) is 42.2 Å². The Hall–Kier alpha value is -2.49. The fourth-order valence-electron chi connectivity index (χ4n) is 3.97. The number of hydrogen-bond donors (Lipinski definition) is 0. The van der Waals surface area contributed by atoms with Crippen LogP contribution in [0.4, 0.5) is 0 Å². The molecule has 0 aromatic heterocycles. The maximum atomic E-state index is 12.8. The second-order valence-corrected chi connectivity index (χ2v) is 7.14. The van der Waals surface area contributed by atoms with E-state index in [9.17, 15) is 4.79 Å². The van der Waals surface area contributed by atoms with Crippen LogP contribution in [0.25, 0.3) is 0 Å². The third-order valence-corrected chi connectivity index (χ3v) is 5.52. The standard InChI is InChI=1S/C22H25NO3/c1-2-25-19-9-7-18(8-10-19)21(24)23-15-13-22(14-16-23)12-11-17-5-3-4-6-20(17)26-22/h3-10H,2,11-16H2,1H3. The van der Waals surface area contributed by atoms with Crippen molar-refractivity contribution >= 4 is 5.91 Å². The van der Waals surface area contributed by atoms with E-state index in [0.717, 1.165) is 55.8 Å². The molecule has 4 rings (SSSR count). The minimum atomic E-state index is -0.107. The van der Waals surface area contributed by atoms with Crippen LogP contribution in [0.15, 0.2) is 48.5 Å². The zero-order valence-corrected chi connectivity index (χ0v) is 15.2. The maximum absolute atomic E-state index is 12.8. The first-order valence-electron chi connectivity index (χ1n) is 9.48. The summed E-state index contributed by atoms with van der Waals surface area (Å²) < 4.78 is 11.8. The van der Waals surface area contributed by atoms with Crippen molar-refractivity contribution in [3.05, 3.63) is 59.7 Å². The number of nitrogens with zero attached hydrogens (tertiary/aromatic N) is 1. The Kier molecular flexibility index (Phi) is 4.58. The lowest BCUT2D eigenvalue weighted by Gasteiger charge is -2.44. The van der Waals surface area contributed by atoms with Crippen molar-refractivity contribution in [3.63, 3.8) is 0 Å². The van der Waals surface area contributed by atoms with Gasteiger partial charge in [-0.15, -0.1) is 0 Å². The van der Waals surface area contributed by atoms with Crippen LogP contribution in [0.3, 0.4) is 0 Å². The number of ether oxygens (including phenoxy) is 2. The molecular formula is C22H25NO3. The molecule has 0 N–H and O–H groups in total. The highest BCUT2D eigenvalue weighted by molar-refractivity contribution is 5.94. The first-order valence-corrected chi connectivity index (χ1v) is 9.48. The second-order valence-electron chi connectivity index (χ2n) is 7.14. The molecule has 1 fully saturated rings. The van der Waals surface area contributed by atoms with Gasteiger partial charge >= 0.3 is 0 Å². The number of benzene rings is 2. The van der Waals surface area contributed by atoms with Gasteiger partial charge in [-0.3, -0.25) is 4.79 Å². The highest BCUT2D eigenvalue weighted by Crippen LogP contribution is 2.39. The Balaban J connectivity index is 1.40. The average molecular weight is 351 g/mol. The molecule has 26 heavy (non-hydrogen) atoms. The van der Waals surface area contributed by atoms with Crippen molar-refractivity contribution in [3.8, 4) is 11.5 Å². The SMILES string of the molecule is CCOc1ccc(C(=O)N2CCC3(CCc4ccccc4O3)CC2)cc1. The molecule has 0 bridgehead atoms. The van der Waals surface area contributed by atoms with Gasteiger partial charge in [0.25, 0.3) is 5.91 Å². The quantitative estimate of drug-likeness (QED) is 0.836. The van der Waals surface area contributed by atoms with E-state index in [1.165, 1.54) is 5.56 Å². The number of carbonyl (C=O) groups is 1. The fraction of sp³-hybridized carbons (Fsp3) is 0.409. The summed E-state index contributed by atoms with van der Waals surface area (Å²) in [4.78, 5) is 14.7. The summed E-state index contributed by atoms with van der Waals surface area (Å²) in [6.07, 6.45) is 3.88. The van der Waals surface area contributed by atoms with Crippen molar-refractivity contribution in [1.82, 2.24) is 4.90 Å². The van der Waals surface area contributed by atoms with E-state index in [-0.39, 0.29) is 11.5 Å². The number of para-hydroxylation sites is 1. The van der Waals surface area contributed by atoms with Crippen LogP contribution < -0.4 is 9.47 Å². The Labute approximate surface area is 154 Å². The van der Waals surface area contributed by atoms with Crippen LogP contribution in [-0.4, -0.2) is 36.1 Å². The van der Waals surface area contributed by atoms with Crippen LogP contribution in [0.5, 0.6) is 11.5 Å². The van der Waals surface area contributed by atoms with Gasteiger partial charge < -0.3 is 14.4 Å². The minimum Gasteiger partial charge on any atom is -0.494 e. The van der Waals surface area contributed by atoms with Gasteiger partial charge in [0.1, 0.15) is 17.1 Å². The van der Waals surface area contributed by atoms with Crippen molar-refractivity contribution in [1.29, 1.82) is 0 Å². The highest BCUT2D eigenvalue weighted by atomic mass is 16.5. The predicted octanol–water partition coefficient (Wildman–Crippen LogP) is 4.09. The molecule has 0 radical (unpaired) electrons. The predicted molar refractivity (Wildman–Crippen MR) is 101 cm³/mol. The molecule has 0 atom stereocenters. The smallest absolute Gasteiger partial charge is 0.253 e. The van der Waals surface area contributed by atoms with Crippen molar-refractivity contribution < 1.29 is 14.3 Å². The summed E-state index contributed by atoms with van der Waals surface area (Å²) in [5.41, 5.74) is 1.91. The molecule has 1 spiro atoms. The van der Waals surface area contributed by atoms with E-state index in [1.54, 1.807) is 0 Å². The molecule has 0 saturated carbocycles. The first kappa shape index (κ1) is 17.0. The molecule has 4 heteroatoms. The summed E-state index contributed by atoms with van der Waals surface area (Å²) in [5.74, 6) is 1.92. The Bertz CT molecular complexity index is 776. The van der Waals surface area contributed by atoms with Crippen LogP contribution in [0.1, 0.15) is 42.1 Å². The summed E-state index contributed by atoms with van der Waals surface area (Å²) in [6, 6.07) is 15.7. The summed E-state index contributed by atoms with van der Waals surface area (Å²) in [7, 11) is 0. The Morgan fingerprint density at radius 3 is 2.54 bits per heavy atom. The average Bonchev–Trinajstić information content (AvgIpc) is 2.69. The molecule has 0 aliphatic carbocycles. The molecule has 2 heterocycles. The first-order chi connectivity index (χ1) is 12.7. The molecule has 136 valence electrons. The molecule has 2 aromatic rings. The number of fused-ring (bicyclic) bond motifs is 1. The van der Waals surface area contributed by atoms with E-state index in [2.05, 4.69) is 18.2 Å². The number of carbonyl (C=O) groups excluding carboxylic acids is 1. The van der Waals surface area contributed by atoms with Gasteiger partial charge in [0.15, 0.2) is 0 Å². The molecule has 2 aliphatic heterocycles. The molecular weight excluding hydrogens is 326 g/mol. The lowest BCUT2D eigenvalue weighted by Crippen LogP contribution is -2.51. The van der Waals surface area contributed by atoms with E-state index >= 15 is 0 Å². The number of amides is 1. The monoisotopic (exact) mass is 351 g/mol. The molecule has 0 unspecified atom stereocenters. The van der Waals surface area contributed by atoms with Crippen LogP contribution in [0.2, 0.25) is 0 Å². The van der Waals surface area contributed by atoms with Crippen molar-refractivity contribution in [2.75, 3.05) is 19.7 Å². The van der Waals surface area contributed by atoms with Gasteiger partial charge in [0.2, 0.25) is 0 Å². The lowest BCUT2D eigenvalue weighted by molar-refractivity contribution is -0.0106. The fourth-order valence-corrected chi connectivity index (χ4v) is 3.97. The molecule has 1 saturated heterocycles. The third-order valence-electron chi connectivity index (χ3n) is 5.52. The number of piperidine rings is 1. The van der Waals surface area contributed by atoms with E-state index in [4.69, 9.17) is 9.47 Å². The normalized spacial score (nSPS) is 18.1. The Morgan fingerprint density at radius 2 is 1.81 bits per heavy atom. The van der Waals surface area contributed by atoms with Crippen molar-refractivity contribution in [2.45, 2.75) is 38.2 Å². The largest absolute Gasteiger partial charge is 0.494 e. The number of hydrogen-bond acceptors (Lipinski definition) is 3. The van der Waals surface area contributed by atoms with E-state index < -0.39 is 0 Å². The van der Waals surface area contributed by atoms with Gasteiger partial charge in [-0.25, -0.2) is 0 Å². The van der Waals surface area contributed by atoms with Gasteiger partial charge in [0, 0.05) is 31.5 Å². The summed E-state index contributed by atoms with van der Waals surface area (Å²) >= 11 is 0. The molecule has 2 aliphatic rings. The summed E-state index contributed by atoms with van der Waals surface area (Å²) in [6.45, 7) is 4.07. The Morgan fingerprint density at radius 1 is 1.08 bits per heavy atom. The van der Waals surface area contributed by atoms with Gasteiger partial charge in [0.05, 0.1) is 6.61 Å². The zero-order chi connectivity index (χ0) is 18.0. The minimum absolute atomic E-state index is 0.0964. The van der Waals surface area contributed by atoms with Crippen LogP contribution in [-0.2, 0) is 6.42 Å². The van der Waals surface area contributed by atoms with Crippen LogP contribution >= 0.6 is 0 Å².